The lowest BCUT2D eigenvalue weighted by atomic mass is 10.2. The minimum absolute atomic E-state index is 0.0318. The zero-order valence-corrected chi connectivity index (χ0v) is 23.5. The van der Waals surface area contributed by atoms with Crippen LogP contribution >= 0.6 is 0 Å². The topological polar surface area (TPSA) is 127 Å². The second kappa shape index (κ2) is 13.5. The predicted octanol–water partition coefficient (Wildman–Crippen LogP) is 1.65. The van der Waals surface area contributed by atoms with E-state index in [4.69, 9.17) is 9.90 Å². The van der Waals surface area contributed by atoms with Crippen LogP contribution < -0.4 is 5.32 Å². The fraction of sp³-hybridized carbons (Fsp3) is 0.696. The molecule has 0 aromatic heterocycles. The summed E-state index contributed by atoms with van der Waals surface area (Å²) in [5, 5.41) is 10.3. The third-order valence-electron chi connectivity index (χ3n) is 6.58. The Bertz CT molecular complexity index is 1160. The van der Waals surface area contributed by atoms with Crippen molar-refractivity contribution in [3.8, 4) is 0 Å². The highest BCUT2D eigenvalue weighted by molar-refractivity contribution is 7.90. The lowest BCUT2D eigenvalue weighted by Crippen LogP contribution is -2.49. The molecule has 0 aliphatic carbocycles. The molecule has 218 valence electrons. The number of likely N-dealkylation sites (N-methyl/N-ethyl adjacent to an activating group) is 1. The van der Waals surface area contributed by atoms with E-state index < -0.39 is 32.2 Å². The van der Waals surface area contributed by atoms with Gasteiger partial charge in [-0.1, -0.05) is 24.6 Å². The number of likely N-dealkylation sites (tertiary alicyclic amines) is 1. The molecule has 0 saturated carbocycles. The number of aryl methyl sites for hydroxylation is 2. The number of rotatable bonds is 9. The van der Waals surface area contributed by atoms with Crippen molar-refractivity contribution in [3.05, 3.63) is 29.3 Å². The zero-order valence-electron chi connectivity index (χ0n) is 21.9. The van der Waals surface area contributed by atoms with Crippen LogP contribution in [-0.2, 0) is 24.8 Å². The molecule has 10 nitrogen and oxygen atoms in total. The number of aliphatic carboxylic acids is 1. The normalized spacial score (nSPS) is 19.8. The van der Waals surface area contributed by atoms with Crippen LogP contribution in [0.25, 0.3) is 0 Å². The highest BCUT2D eigenvalue weighted by Gasteiger charge is 2.38. The van der Waals surface area contributed by atoms with Gasteiger partial charge in [-0.15, -0.1) is 0 Å². The van der Waals surface area contributed by atoms with Crippen molar-refractivity contribution in [2.45, 2.75) is 50.7 Å². The standard InChI is InChI=1S/C21H36N4O4S2.C2HF3O2/c1-4-23-11-5-6-20(23)17-25(14-15-30(26,27)24-12-9-22-10-13-24)31(28,29)21-8-7-18(2)16-19(21)3;3-2(4,5)1(6)7/h7-8,16,20,22H,4-6,9-15,17H2,1-3H3;(H,6,7). The summed E-state index contributed by atoms with van der Waals surface area (Å²) in [6.07, 6.45) is -3.12. The van der Waals surface area contributed by atoms with Crippen LogP contribution in [0.15, 0.2) is 23.1 Å². The van der Waals surface area contributed by atoms with E-state index in [0.29, 0.717) is 38.3 Å². The maximum atomic E-state index is 13.6. The number of carbonyl (C=O) groups is 1. The van der Waals surface area contributed by atoms with Gasteiger partial charge in [0.1, 0.15) is 0 Å². The molecule has 1 aromatic rings. The van der Waals surface area contributed by atoms with Crippen LogP contribution in [0.5, 0.6) is 0 Å². The first-order chi connectivity index (χ1) is 17.6. The number of nitrogens with one attached hydrogen (secondary N) is 1. The van der Waals surface area contributed by atoms with Crippen LogP contribution in [-0.4, -0.2) is 112 Å². The SMILES string of the molecule is CCN1CCCC1CN(CCS(=O)(=O)N1CCNCC1)S(=O)(=O)c1ccc(C)cc1C.O=C(O)C(F)(F)F. The molecule has 38 heavy (non-hydrogen) atoms. The Kier molecular flexibility index (Phi) is 11.5. The molecule has 3 rings (SSSR count). The van der Waals surface area contributed by atoms with Crippen LogP contribution in [0, 0.1) is 13.8 Å². The summed E-state index contributed by atoms with van der Waals surface area (Å²) in [4.78, 5) is 11.4. The number of alkyl halides is 3. The fourth-order valence-electron chi connectivity index (χ4n) is 4.56. The first kappa shape index (κ1) is 32.4. The minimum Gasteiger partial charge on any atom is -0.475 e. The van der Waals surface area contributed by atoms with E-state index in [1.54, 1.807) is 19.1 Å². The number of piperazine rings is 1. The molecule has 2 aliphatic rings. The lowest BCUT2D eigenvalue weighted by molar-refractivity contribution is -0.192. The van der Waals surface area contributed by atoms with Crippen molar-refractivity contribution in [1.82, 2.24) is 18.8 Å². The van der Waals surface area contributed by atoms with Gasteiger partial charge in [0.2, 0.25) is 20.0 Å². The van der Waals surface area contributed by atoms with Gasteiger partial charge in [0.25, 0.3) is 0 Å². The smallest absolute Gasteiger partial charge is 0.475 e. The summed E-state index contributed by atoms with van der Waals surface area (Å²) in [5.74, 6) is -2.96. The first-order valence-electron chi connectivity index (χ1n) is 12.4. The Morgan fingerprint density at radius 2 is 1.74 bits per heavy atom. The zero-order chi connectivity index (χ0) is 28.7. The van der Waals surface area contributed by atoms with Crippen molar-refractivity contribution < 1.29 is 39.9 Å². The summed E-state index contributed by atoms with van der Waals surface area (Å²) < 4.78 is 87.7. The molecular weight excluding hydrogens is 549 g/mol. The van der Waals surface area contributed by atoms with E-state index in [2.05, 4.69) is 17.1 Å². The maximum absolute atomic E-state index is 13.6. The molecule has 2 saturated heterocycles. The molecule has 2 aliphatic heterocycles. The molecule has 0 amide bonds. The van der Waals surface area contributed by atoms with E-state index in [1.807, 2.05) is 13.0 Å². The number of carboxylic acid groups (broad SMARTS) is 1. The average Bonchev–Trinajstić information content (AvgIpc) is 3.29. The number of sulfonamides is 2. The van der Waals surface area contributed by atoms with Crippen molar-refractivity contribution in [2.75, 3.05) is 58.1 Å². The Hall–Kier alpha value is -1.78. The number of halogens is 3. The molecule has 0 radical (unpaired) electrons. The van der Waals surface area contributed by atoms with Gasteiger partial charge in [-0.3, -0.25) is 4.90 Å². The van der Waals surface area contributed by atoms with Gasteiger partial charge >= 0.3 is 12.1 Å². The lowest BCUT2D eigenvalue weighted by Gasteiger charge is -2.31. The van der Waals surface area contributed by atoms with Gasteiger partial charge in [0.15, 0.2) is 0 Å². The summed E-state index contributed by atoms with van der Waals surface area (Å²) >= 11 is 0. The van der Waals surface area contributed by atoms with Crippen molar-refractivity contribution in [3.63, 3.8) is 0 Å². The average molecular weight is 587 g/mol. The van der Waals surface area contributed by atoms with Crippen molar-refractivity contribution in [2.24, 2.45) is 0 Å². The molecule has 15 heteroatoms. The molecular formula is C23H37F3N4O6S2. The van der Waals surface area contributed by atoms with Gasteiger partial charge in [-0.2, -0.15) is 21.8 Å². The second-order valence-electron chi connectivity index (χ2n) is 9.32. The Morgan fingerprint density at radius 3 is 2.26 bits per heavy atom. The summed E-state index contributed by atoms with van der Waals surface area (Å²) in [6, 6.07) is 5.41. The van der Waals surface area contributed by atoms with E-state index in [0.717, 1.165) is 31.5 Å². The molecule has 1 atom stereocenters. The second-order valence-corrected chi connectivity index (χ2v) is 13.3. The van der Waals surface area contributed by atoms with E-state index in [9.17, 15) is 30.0 Å². The molecule has 2 fully saturated rings. The molecule has 2 heterocycles. The Labute approximate surface area is 222 Å². The highest BCUT2D eigenvalue weighted by Crippen LogP contribution is 2.25. The number of hydrogen-bond acceptors (Lipinski definition) is 7. The van der Waals surface area contributed by atoms with Gasteiger partial charge < -0.3 is 10.4 Å². The number of nitrogens with zero attached hydrogens (tertiary/aromatic N) is 3. The number of hydrogen-bond donors (Lipinski definition) is 2. The van der Waals surface area contributed by atoms with Gasteiger partial charge in [0.05, 0.1) is 10.6 Å². The molecule has 1 aromatic carbocycles. The van der Waals surface area contributed by atoms with Crippen molar-refractivity contribution in [1.29, 1.82) is 0 Å². The largest absolute Gasteiger partial charge is 0.490 e. The number of carboxylic acids is 1. The van der Waals surface area contributed by atoms with E-state index >= 15 is 0 Å². The van der Waals surface area contributed by atoms with Crippen molar-refractivity contribution >= 4 is 26.0 Å². The Morgan fingerprint density at radius 1 is 1.13 bits per heavy atom. The third kappa shape index (κ3) is 8.88. The molecule has 0 spiro atoms. The molecule has 2 N–H and O–H groups in total. The summed E-state index contributed by atoms with van der Waals surface area (Å²) in [5.41, 5.74) is 1.69. The van der Waals surface area contributed by atoms with Crippen LogP contribution in [0.3, 0.4) is 0 Å². The number of benzene rings is 1. The van der Waals surface area contributed by atoms with Crippen LogP contribution in [0.4, 0.5) is 13.2 Å². The van der Waals surface area contributed by atoms with Gasteiger partial charge in [-0.25, -0.2) is 21.6 Å². The van der Waals surface area contributed by atoms with E-state index in [-0.39, 0.29) is 23.2 Å². The monoisotopic (exact) mass is 586 g/mol. The first-order valence-corrected chi connectivity index (χ1v) is 15.4. The van der Waals surface area contributed by atoms with E-state index in [1.165, 1.54) is 8.61 Å². The molecule has 0 bridgehead atoms. The van der Waals surface area contributed by atoms with Gasteiger partial charge in [0, 0.05) is 45.3 Å². The predicted molar refractivity (Wildman–Crippen MR) is 137 cm³/mol. The van der Waals surface area contributed by atoms with Crippen LogP contribution in [0.1, 0.15) is 30.9 Å². The third-order valence-corrected chi connectivity index (χ3v) is 10.5. The maximum Gasteiger partial charge on any atom is 0.490 e. The fourth-order valence-corrected chi connectivity index (χ4v) is 7.81. The van der Waals surface area contributed by atoms with Gasteiger partial charge in [-0.05, 0) is 51.4 Å². The summed E-state index contributed by atoms with van der Waals surface area (Å²) in [6.45, 7) is 10.0. The summed E-state index contributed by atoms with van der Waals surface area (Å²) in [7, 11) is -7.33. The quantitative estimate of drug-likeness (QED) is 0.447. The minimum atomic E-state index is -5.08. The molecule has 1 unspecified atom stereocenters. The Balaban J connectivity index is 0.000000638. The highest BCUT2D eigenvalue weighted by atomic mass is 32.2. The van der Waals surface area contributed by atoms with Crippen LogP contribution in [0.2, 0.25) is 0 Å².